The van der Waals surface area contributed by atoms with E-state index in [0.29, 0.717) is 12.0 Å². The lowest BCUT2D eigenvalue weighted by Gasteiger charge is -2.09. The van der Waals surface area contributed by atoms with Crippen molar-refractivity contribution in [3.8, 4) is 0 Å². The van der Waals surface area contributed by atoms with E-state index < -0.39 is 17.6 Å². The molecule has 5 heteroatoms. The Labute approximate surface area is 89.7 Å². The number of benzene rings is 1. The second-order valence-electron chi connectivity index (χ2n) is 3.05. The van der Waals surface area contributed by atoms with Gasteiger partial charge in [0.15, 0.2) is 0 Å². The number of hydrogen-bond acceptors (Lipinski definition) is 1. The number of alkyl halides is 3. The van der Waals surface area contributed by atoms with Crippen LogP contribution in [0.25, 0.3) is 0 Å². The Morgan fingerprint density at radius 1 is 1.27 bits per heavy atom. The average molecular weight is 238 g/mol. The van der Waals surface area contributed by atoms with Gasteiger partial charge in [-0.05, 0) is 36.1 Å². The molecule has 0 saturated carbocycles. The van der Waals surface area contributed by atoms with E-state index in [9.17, 15) is 17.6 Å². The number of hydrogen-bond donors (Lipinski definition) is 0. The third-order valence-electron chi connectivity index (χ3n) is 1.93. The van der Waals surface area contributed by atoms with Crippen LogP contribution in [0.4, 0.5) is 17.6 Å². The van der Waals surface area contributed by atoms with Gasteiger partial charge < -0.3 is 0 Å². The maximum atomic E-state index is 12.9. The SMILES string of the molecule is CSCCc1ccc(F)c(C(F)(F)F)c1. The second kappa shape index (κ2) is 4.88. The summed E-state index contributed by atoms with van der Waals surface area (Å²) in [6, 6.07) is 3.14. The lowest BCUT2D eigenvalue weighted by atomic mass is 10.1. The van der Waals surface area contributed by atoms with E-state index in [1.165, 1.54) is 17.8 Å². The summed E-state index contributed by atoms with van der Waals surface area (Å²) < 4.78 is 49.8. The Morgan fingerprint density at radius 2 is 1.93 bits per heavy atom. The first-order chi connectivity index (χ1) is 6.95. The van der Waals surface area contributed by atoms with Gasteiger partial charge in [0, 0.05) is 0 Å². The van der Waals surface area contributed by atoms with E-state index in [1.54, 1.807) is 0 Å². The van der Waals surface area contributed by atoms with Gasteiger partial charge in [-0.25, -0.2) is 4.39 Å². The molecule has 1 aromatic carbocycles. The fourth-order valence-electron chi connectivity index (χ4n) is 1.17. The smallest absolute Gasteiger partial charge is 0.206 e. The molecule has 0 fully saturated rings. The minimum atomic E-state index is -4.61. The molecule has 0 N–H and O–H groups in total. The zero-order valence-electron chi connectivity index (χ0n) is 8.07. The predicted octanol–water partition coefficient (Wildman–Crippen LogP) is 3.75. The van der Waals surface area contributed by atoms with E-state index in [1.807, 2.05) is 6.26 Å². The molecule has 0 unspecified atom stereocenters. The van der Waals surface area contributed by atoms with Crippen LogP contribution in [0, 0.1) is 5.82 Å². The van der Waals surface area contributed by atoms with Crippen LogP contribution in [0.3, 0.4) is 0 Å². The molecule has 0 amide bonds. The van der Waals surface area contributed by atoms with Crippen molar-refractivity contribution < 1.29 is 17.6 Å². The maximum Gasteiger partial charge on any atom is 0.419 e. The molecular weight excluding hydrogens is 228 g/mol. The summed E-state index contributed by atoms with van der Waals surface area (Å²) >= 11 is 1.54. The molecular formula is C10H10F4S. The van der Waals surface area contributed by atoms with E-state index in [4.69, 9.17) is 0 Å². The third-order valence-corrected chi connectivity index (χ3v) is 2.54. The molecule has 0 aliphatic rings. The number of halogens is 4. The lowest BCUT2D eigenvalue weighted by Crippen LogP contribution is -2.09. The molecule has 84 valence electrons. The van der Waals surface area contributed by atoms with E-state index in [2.05, 4.69) is 0 Å². The van der Waals surface area contributed by atoms with Crippen molar-refractivity contribution >= 4 is 11.8 Å². The fourth-order valence-corrected chi connectivity index (χ4v) is 1.60. The van der Waals surface area contributed by atoms with Gasteiger partial charge in [-0.1, -0.05) is 6.07 Å². The third kappa shape index (κ3) is 3.41. The van der Waals surface area contributed by atoms with Crippen LogP contribution in [-0.4, -0.2) is 12.0 Å². The first-order valence-electron chi connectivity index (χ1n) is 4.29. The minimum absolute atomic E-state index is 0.512. The predicted molar refractivity (Wildman–Crippen MR) is 53.5 cm³/mol. The monoisotopic (exact) mass is 238 g/mol. The van der Waals surface area contributed by atoms with Gasteiger partial charge >= 0.3 is 6.18 Å². The molecule has 0 bridgehead atoms. The average Bonchev–Trinajstić information content (AvgIpc) is 2.15. The standard InChI is InChI=1S/C10H10F4S/c1-15-5-4-7-2-3-9(11)8(6-7)10(12,13)14/h2-3,6H,4-5H2,1H3. The molecule has 0 atom stereocenters. The topological polar surface area (TPSA) is 0 Å². The van der Waals surface area contributed by atoms with Crippen LogP contribution in [0.5, 0.6) is 0 Å². The normalized spacial score (nSPS) is 11.8. The summed E-state index contributed by atoms with van der Waals surface area (Å²) in [4.78, 5) is 0. The zero-order valence-corrected chi connectivity index (χ0v) is 8.88. The van der Waals surface area contributed by atoms with Crippen LogP contribution in [0.15, 0.2) is 18.2 Å². The van der Waals surface area contributed by atoms with Gasteiger partial charge in [-0.3, -0.25) is 0 Å². The quantitative estimate of drug-likeness (QED) is 0.723. The van der Waals surface area contributed by atoms with Crippen LogP contribution < -0.4 is 0 Å². The zero-order chi connectivity index (χ0) is 11.5. The first kappa shape index (κ1) is 12.4. The highest BCUT2D eigenvalue weighted by Crippen LogP contribution is 2.32. The number of rotatable bonds is 3. The van der Waals surface area contributed by atoms with Crippen LogP contribution in [0.2, 0.25) is 0 Å². The van der Waals surface area contributed by atoms with Crippen LogP contribution in [-0.2, 0) is 12.6 Å². The largest absolute Gasteiger partial charge is 0.419 e. The Hall–Kier alpha value is -0.710. The van der Waals surface area contributed by atoms with Gasteiger partial charge in [-0.15, -0.1) is 0 Å². The molecule has 0 saturated heterocycles. The highest BCUT2D eigenvalue weighted by molar-refractivity contribution is 7.98. The summed E-state index contributed by atoms with van der Waals surface area (Å²) in [5.41, 5.74) is -0.667. The van der Waals surface area contributed by atoms with Crippen molar-refractivity contribution in [2.45, 2.75) is 12.6 Å². The Balaban J connectivity index is 2.95. The van der Waals surface area contributed by atoms with E-state index >= 15 is 0 Å². The van der Waals surface area contributed by atoms with E-state index in [0.717, 1.165) is 17.9 Å². The summed E-state index contributed by atoms with van der Waals surface area (Å²) in [5.74, 6) is -0.487. The van der Waals surface area contributed by atoms with Gasteiger partial charge in [0.2, 0.25) is 0 Å². The summed E-state index contributed by atoms with van der Waals surface area (Å²) in [7, 11) is 0. The van der Waals surface area contributed by atoms with Crippen LogP contribution >= 0.6 is 11.8 Å². The molecule has 0 spiro atoms. The Bertz CT molecular complexity index is 333. The van der Waals surface area contributed by atoms with Crippen molar-refractivity contribution in [3.63, 3.8) is 0 Å². The molecule has 15 heavy (non-hydrogen) atoms. The highest BCUT2D eigenvalue weighted by Gasteiger charge is 2.34. The van der Waals surface area contributed by atoms with Crippen molar-refractivity contribution in [1.82, 2.24) is 0 Å². The van der Waals surface area contributed by atoms with E-state index in [-0.39, 0.29) is 0 Å². The van der Waals surface area contributed by atoms with Gasteiger partial charge in [-0.2, -0.15) is 24.9 Å². The number of thioether (sulfide) groups is 1. The fraction of sp³-hybridized carbons (Fsp3) is 0.400. The molecule has 0 radical (unpaired) electrons. The van der Waals surface area contributed by atoms with Gasteiger partial charge in [0.05, 0.1) is 5.56 Å². The lowest BCUT2D eigenvalue weighted by molar-refractivity contribution is -0.140. The molecule has 1 aromatic rings. The van der Waals surface area contributed by atoms with Gasteiger partial charge in [0.1, 0.15) is 5.82 Å². The Kier molecular flexibility index (Phi) is 4.02. The summed E-state index contributed by atoms with van der Waals surface area (Å²) in [5, 5.41) is 0. The van der Waals surface area contributed by atoms with Crippen LogP contribution in [0.1, 0.15) is 11.1 Å². The molecule has 0 aliphatic carbocycles. The molecule has 0 heterocycles. The summed E-state index contributed by atoms with van der Waals surface area (Å²) in [6.07, 6.45) is -2.22. The molecule has 0 aliphatic heterocycles. The highest BCUT2D eigenvalue weighted by atomic mass is 32.2. The van der Waals surface area contributed by atoms with Gasteiger partial charge in [0.25, 0.3) is 0 Å². The van der Waals surface area contributed by atoms with Crippen molar-refractivity contribution in [2.24, 2.45) is 0 Å². The summed E-state index contributed by atoms with van der Waals surface area (Å²) in [6.45, 7) is 0. The van der Waals surface area contributed by atoms with Crippen molar-refractivity contribution in [3.05, 3.63) is 35.1 Å². The molecule has 0 nitrogen and oxygen atoms in total. The molecule has 1 rings (SSSR count). The molecule has 0 aromatic heterocycles. The number of aryl methyl sites for hydroxylation is 1. The van der Waals surface area contributed by atoms with Crippen molar-refractivity contribution in [2.75, 3.05) is 12.0 Å². The van der Waals surface area contributed by atoms with Crippen molar-refractivity contribution in [1.29, 1.82) is 0 Å². The first-order valence-corrected chi connectivity index (χ1v) is 5.69. The Morgan fingerprint density at radius 3 is 2.47 bits per heavy atom. The minimum Gasteiger partial charge on any atom is -0.206 e. The maximum absolute atomic E-state index is 12.9. The second-order valence-corrected chi connectivity index (χ2v) is 4.04.